The number of fused-ring (bicyclic) bond motifs is 2. The smallest absolute Gasteiger partial charge is 0.354 e. The highest BCUT2D eigenvalue weighted by Gasteiger charge is 2.68. The fraction of sp³-hybridized carbons (Fsp3) is 0.700. The van der Waals surface area contributed by atoms with Gasteiger partial charge in [-0.2, -0.15) is 13.2 Å². The van der Waals surface area contributed by atoms with Crippen LogP contribution in [0.15, 0.2) is 18.3 Å². The number of anilines is 1. The Morgan fingerprint density at radius 3 is 2.40 bits per heavy atom. The number of piperazine rings is 1. The third-order valence-electron chi connectivity index (χ3n) is 7.41. The number of alkyl halides is 4. The molecule has 0 spiro atoms. The predicted molar refractivity (Wildman–Crippen MR) is 113 cm³/mol. The van der Waals surface area contributed by atoms with E-state index in [0.29, 0.717) is 37.7 Å². The minimum atomic E-state index is -4.40. The van der Waals surface area contributed by atoms with Crippen LogP contribution in [0.4, 0.5) is 19.0 Å². The van der Waals surface area contributed by atoms with Crippen LogP contribution in [0.3, 0.4) is 0 Å². The number of hydrogen-bond acceptors (Lipinski definition) is 4. The van der Waals surface area contributed by atoms with E-state index in [9.17, 15) is 22.2 Å². The van der Waals surface area contributed by atoms with Crippen molar-refractivity contribution in [3.05, 3.63) is 23.9 Å². The van der Waals surface area contributed by atoms with Crippen LogP contribution in [0.5, 0.6) is 0 Å². The largest absolute Gasteiger partial charge is 0.417 e. The zero-order chi connectivity index (χ0) is 21.9. The molecule has 4 atom stereocenters. The second-order valence-corrected chi connectivity index (χ2v) is 11.4. The molecule has 1 aromatic rings. The van der Waals surface area contributed by atoms with Crippen LogP contribution in [0, 0.1) is 16.7 Å². The van der Waals surface area contributed by atoms with Crippen molar-refractivity contribution < 1.29 is 22.2 Å². The van der Waals surface area contributed by atoms with Gasteiger partial charge in [-0.25, -0.2) is 13.5 Å². The van der Waals surface area contributed by atoms with Gasteiger partial charge in [-0.05, 0) is 36.3 Å². The minimum Gasteiger partial charge on any atom is -0.354 e. The van der Waals surface area contributed by atoms with E-state index in [1.807, 2.05) is 9.21 Å². The summed E-state index contributed by atoms with van der Waals surface area (Å²) in [4.78, 5) is 18.7. The number of carbonyl (C=O) groups is 1. The van der Waals surface area contributed by atoms with Gasteiger partial charge >= 0.3 is 6.18 Å². The molecule has 166 valence electrons. The van der Waals surface area contributed by atoms with Gasteiger partial charge in [-0.1, -0.05) is 29.8 Å². The molecule has 2 saturated carbocycles. The molecule has 30 heavy (non-hydrogen) atoms. The Morgan fingerprint density at radius 1 is 1.23 bits per heavy atom. The fourth-order valence-corrected chi connectivity index (χ4v) is 8.53. The van der Waals surface area contributed by atoms with Crippen molar-refractivity contribution in [2.45, 2.75) is 37.7 Å². The normalized spacial score (nSPS) is 32.6. The Labute approximate surface area is 185 Å². The minimum absolute atomic E-state index is 0.152. The van der Waals surface area contributed by atoms with Gasteiger partial charge in [0.2, 0.25) is 0 Å². The van der Waals surface area contributed by atoms with Crippen molar-refractivity contribution in [3.8, 4) is 0 Å². The van der Waals surface area contributed by atoms with Crippen molar-refractivity contribution in [3.63, 3.8) is 0 Å². The summed E-state index contributed by atoms with van der Waals surface area (Å²) in [7, 11) is -1.28. The predicted octanol–water partition coefficient (Wildman–Crippen LogP) is 3.65. The molecule has 1 aliphatic heterocycles. The lowest BCUT2D eigenvalue weighted by Gasteiger charge is -2.39. The molecule has 10 heteroatoms. The molecule has 3 fully saturated rings. The van der Waals surface area contributed by atoms with Crippen LogP contribution in [0.1, 0.15) is 32.3 Å². The average molecular weight is 508 g/mol. The number of pyridine rings is 1. The van der Waals surface area contributed by atoms with Crippen LogP contribution < -0.4 is 4.90 Å². The first kappa shape index (κ1) is 22.2. The highest BCUT2D eigenvalue weighted by molar-refractivity contribution is 9.10. The van der Waals surface area contributed by atoms with E-state index in [-0.39, 0.29) is 21.9 Å². The molecular weight excluding hydrogens is 483 g/mol. The Balaban J connectivity index is 1.39. The van der Waals surface area contributed by atoms with Crippen LogP contribution in [-0.4, -0.2) is 56.0 Å². The number of ketones is 1. The van der Waals surface area contributed by atoms with Gasteiger partial charge in [0.1, 0.15) is 5.82 Å². The summed E-state index contributed by atoms with van der Waals surface area (Å²) in [6, 6.07) is 2.41. The summed E-state index contributed by atoms with van der Waals surface area (Å²) >= 11 is 3.56. The molecule has 0 radical (unpaired) electrons. The third kappa shape index (κ3) is 3.43. The molecule has 1 aromatic heterocycles. The maximum atomic E-state index is 13.2. The van der Waals surface area contributed by atoms with E-state index < -0.39 is 28.1 Å². The number of aromatic nitrogens is 1. The number of Topliss-reactive ketones (excluding diaryl/α,β-unsaturated/α-hetero) is 1. The third-order valence-corrected chi connectivity index (χ3v) is 10.1. The molecule has 3 aliphatic rings. The molecule has 5 nitrogen and oxygen atoms in total. The van der Waals surface area contributed by atoms with Crippen LogP contribution in [-0.2, 0) is 22.0 Å². The van der Waals surface area contributed by atoms with Crippen molar-refractivity contribution in [2.75, 3.05) is 36.8 Å². The van der Waals surface area contributed by atoms with E-state index in [4.69, 9.17) is 0 Å². The standard InChI is InChI=1S/C20H25BrF3N3O2S/c1-18(2)14-5-6-19(18,17(28)16(14)21)12-30(29)27-9-7-26(8-10-27)15-4-3-13(11-25-15)20(22,23)24/h3-4,11,14,16H,5-10,12H2,1-2H3/t14-,16?,19-,30?/m1/s1. The SMILES string of the molecule is CC1(C)[C@@H]2CC[C@@]1(CS(=O)N1CCN(c3ccc(C(F)(F)F)cn3)CC1)C(=O)C2Br. The molecule has 2 heterocycles. The first-order chi connectivity index (χ1) is 14.0. The summed E-state index contributed by atoms with van der Waals surface area (Å²) in [6.07, 6.45) is -1.80. The Morgan fingerprint density at radius 2 is 1.90 bits per heavy atom. The van der Waals surface area contributed by atoms with Crippen LogP contribution in [0.2, 0.25) is 0 Å². The summed E-state index contributed by atoms with van der Waals surface area (Å²) in [5.41, 5.74) is -1.50. The Hall–Kier alpha value is -1.00. The molecule has 2 unspecified atom stereocenters. The maximum absolute atomic E-state index is 13.2. The lowest BCUT2D eigenvalue weighted by Crippen LogP contribution is -2.51. The lowest BCUT2D eigenvalue weighted by molar-refractivity contribution is -0.137. The quantitative estimate of drug-likeness (QED) is 0.583. The van der Waals surface area contributed by atoms with Gasteiger partial charge in [0, 0.05) is 37.8 Å². The topological polar surface area (TPSA) is 53.5 Å². The summed E-state index contributed by atoms with van der Waals surface area (Å²) in [5, 5.41) is 0. The van der Waals surface area contributed by atoms with E-state index in [0.717, 1.165) is 25.1 Å². The van der Waals surface area contributed by atoms with Crippen LogP contribution in [0.25, 0.3) is 0 Å². The summed E-state index contributed by atoms with van der Waals surface area (Å²) in [5.74, 6) is 1.30. The number of rotatable bonds is 4. The van der Waals surface area contributed by atoms with Gasteiger partial charge in [0.15, 0.2) is 5.78 Å². The van der Waals surface area contributed by atoms with Crippen LogP contribution >= 0.6 is 15.9 Å². The Bertz CT molecular complexity index is 856. The van der Waals surface area contributed by atoms with Gasteiger partial charge in [-0.3, -0.25) is 4.79 Å². The van der Waals surface area contributed by atoms with Crippen molar-refractivity contribution in [1.82, 2.24) is 9.29 Å². The van der Waals surface area contributed by atoms with Gasteiger partial charge in [0.25, 0.3) is 0 Å². The zero-order valence-corrected chi connectivity index (χ0v) is 19.3. The molecule has 2 bridgehead atoms. The lowest BCUT2D eigenvalue weighted by atomic mass is 9.70. The highest BCUT2D eigenvalue weighted by atomic mass is 79.9. The van der Waals surface area contributed by atoms with Crippen molar-refractivity contribution in [1.29, 1.82) is 0 Å². The molecule has 0 amide bonds. The number of hydrogen-bond donors (Lipinski definition) is 0. The first-order valence-electron chi connectivity index (χ1n) is 10.1. The molecular formula is C20H25BrF3N3O2S. The van der Waals surface area contributed by atoms with E-state index in [1.165, 1.54) is 6.07 Å². The van der Waals surface area contributed by atoms with Gasteiger partial charge in [-0.15, -0.1) is 0 Å². The second-order valence-electron chi connectivity index (χ2n) is 9.00. The van der Waals surface area contributed by atoms with Crippen molar-refractivity contribution in [2.24, 2.45) is 16.7 Å². The average Bonchev–Trinajstić information content (AvgIpc) is 3.03. The molecule has 0 aromatic carbocycles. The first-order valence-corrected chi connectivity index (χ1v) is 12.3. The molecule has 1 saturated heterocycles. The molecule has 2 aliphatic carbocycles. The Kier molecular flexibility index (Phi) is 5.59. The monoisotopic (exact) mass is 507 g/mol. The molecule has 4 rings (SSSR count). The second kappa shape index (κ2) is 7.55. The number of halogens is 4. The van der Waals surface area contributed by atoms with E-state index >= 15 is 0 Å². The highest BCUT2D eigenvalue weighted by Crippen LogP contribution is 2.65. The van der Waals surface area contributed by atoms with Gasteiger partial charge < -0.3 is 4.90 Å². The van der Waals surface area contributed by atoms with E-state index in [2.05, 4.69) is 34.8 Å². The van der Waals surface area contributed by atoms with E-state index in [1.54, 1.807) is 0 Å². The van der Waals surface area contributed by atoms with Gasteiger partial charge in [0.05, 0.1) is 27.1 Å². The van der Waals surface area contributed by atoms with Crippen molar-refractivity contribution >= 4 is 38.5 Å². The fourth-order valence-electron chi connectivity index (χ4n) is 5.33. The maximum Gasteiger partial charge on any atom is 0.417 e. The summed E-state index contributed by atoms with van der Waals surface area (Å²) < 4.78 is 53.2. The summed E-state index contributed by atoms with van der Waals surface area (Å²) in [6.45, 7) is 6.32. The zero-order valence-electron chi connectivity index (χ0n) is 16.9. The number of carbonyl (C=O) groups excluding carboxylic acids is 1. The number of nitrogens with zero attached hydrogens (tertiary/aromatic N) is 3. The molecule has 0 N–H and O–H groups in total.